The van der Waals surface area contributed by atoms with Gasteiger partial charge in [0.15, 0.2) is 0 Å². The lowest BCUT2D eigenvalue weighted by molar-refractivity contribution is 1.35. The first-order valence-electron chi connectivity index (χ1n) is 4.26. The van der Waals surface area contributed by atoms with Crippen molar-refractivity contribution >= 4 is 68.4 Å². The fourth-order valence-electron chi connectivity index (χ4n) is 1.32. The number of hydrogen-bond acceptors (Lipinski definition) is 0. The van der Waals surface area contributed by atoms with Crippen LogP contribution in [0.5, 0.6) is 0 Å². The molecule has 0 aliphatic heterocycles. The molecule has 0 aromatic heterocycles. The van der Waals surface area contributed by atoms with Crippen molar-refractivity contribution in [1.82, 2.24) is 0 Å². The Bertz CT molecular complexity index is 474. The Balaban J connectivity index is 3.71. The molecule has 0 aliphatic rings. The normalized spacial score (nSPS) is 8.88. The number of hydrogen-bond donors (Lipinski definition) is 0. The lowest BCUT2D eigenvalue weighted by atomic mass is 10.0. The lowest BCUT2D eigenvalue weighted by Crippen LogP contribution is -1.95. The maximum atomic E-state index is 6.26. The number of benzene rings is 1. The third kappa shape index (κ3) is 2.79. The van der Waals surface area contributed by atoms with Gasteiger partial charge in [-0.05, 0) is 32.8 Å². The van der Waals surface area contributed by atoms with E-state index in [0.717, 1.165) is 22.3 Å². The molecule has 0 radical (unpaired) electrons. The van der Waals surface area contributed by atoms with E-state index in [1.54, 1.807) is 0 Å². The van der Waals surface area contributed by atoms with Crippen LogP contribution in [0.2, 0.25) is 10.0 Å². The number of halogens is 4. The molecular weight excluding hydrogens is 469 g/mol. The maximum absolute atomic E-state index is 6.26. The molecule has 4 heteroatoms. The second-order valence-electron chi connectivity index (χ2n) is 3.07. The van der Waals surface area contributed by atoms with Gasteiger partial charge >= 0.3 is 0 Å². The van der Waals surface area contributed by atoms with E-state index >= 15 is 0 Å². The van der Waals surface area contributed by atoms with Crippen LogP contribution in [-0.2, 0) is 0 Å². The molecule has 0 unspecified atom stereocenters. The molecule has 0 amide bonds. The largest absolute Gasteiger partial charge is 0.0826 e. The van der Waals surface area contributed by atoms with Crippen LogP contribution in [0.15, 0.2) is 0 Å². The van der Waals surface area contributed by atoms with Gasteiger partial charge < -0.3 is 0 Å². The van der Waals surface area contributed by atoms with E-state index in [-0.39, 0.29) is 0 Å². The Hall–Kier alpha value is 0.380. The fraction of sp³-hybridized carbons (Fsp3) is 0.167. The standard InChI is InChI=1S/C12H6Cl2I2/c1-7-9(3-5-15)12(14)8(2)10(4-6-16)11(7)13/h1-2H3. The zero-order valence-corrected chi connectivity index (χ0v) is 14.3. The van der Waals surface area contributed by atoms with Crippen molar-refractivity contribution < 1.29 is 0 Å². The molecule has 0 fully saturated rings. The van der Waals surface area contributed by atoms with Gasteiger partial charge in [0, 0.05) is 56.3 Å². The summed E-state index contributed by atoms with van der Waals surface area (Å²) in [5, 5.41) is 1.28. The van der Waals surface area contributed by atoms with E-state index < -0.39 is 0 Å². The summed E-state index contributed by atoms with van der Waals surface area (Å²) < 4.78 is 5.62. The summed E-state index contributed by atoms with van der Waals surface area (Å²) in [5.74, 6) is 5.93. The van der Waals surface area contributed by atoms with Gasteiger partial charge in [0.2, 0.25) is 0 Å². The van der Waals surface area contributed by atoms with Crippen LogP contribution in [0.3, 0.4) is 0 Å². The van der Waals surface area contributed by atoms with Gasteiger partial charge in [-0.1, -0.05) is 35.0 Å². The molecule has 0 bridgehead atoms. The first-order valence-corrected chi connectivity index (χ1v) is 7.17. The maximum Gasteiger partial charge on any atom is 0.0608 e. The van der Waals surface area contributed by atoms with Crippen molar-refractivity contribution in [1.29, 1.82) is 0 Å². The van der Waals surface area contributed by atoms with Gasteiger partial charge in [-0.3, -0.25) is 0 Å². The van der Waals surface area contributed by atoms with Gasteiger partial charge in [-0.2, -0.15) is 0 Å². The smallest absolute Gasteiger partial charge is 0.0608 e. The Morgan fingerprint density at radius 1 is 0.812 bits per heavy atom. The highest BCUT2D eigenvalue weighted by atomic mass is 127. The minimum absolute atomic E-state index is 0.639. The Labute approximate surface area is 133 Å². The van der Waals surface area contributed by atoms with Crippen molar-refractivity contribution in [2.75, 3.05) is 0 Å². The molecule has 0 aliphatic carbocycles. The van der Waals surface area contributed by atoms with Gasteiger partial charge in [0.1, 0.15) is 0 Å². The van der Waals surface area contributed by atoms with Gasteiger partial charge in [-0.25, -0.2) is 0 Å². The van der Waals surface area contributed by atoms with Crippen LogP contribution in [-0.4, -0.2) is 0 Å². The second-order valence-corrected chi connectivity index (χ2v) is 4.90. The minimum atomic E-state index is 0.639. The van der Waals surface area contributed by atoms with E-state index in [9.17, 15) is 0 Å². The van der Waals surface area contributed by atoms with Gasteiger partial charge in [0.05, 0.1) is 10.0 Å². The molecule has 16 heavy (non-hydrogen) atoms. The summed E-state index contributed by atoms with van der Waals surface area (Å²) >= 11 is 16.5. The highest BCUT2D eigenvalue weighted by Crippen LogP contribution is 2.33. The molecule has 82 valence electrons. The third-order valence-corrected chi connectivity index (χ3v) is 3.68. The van der Waals surface area contributed by atoms with E-state index in [0.29, 0.717) is 10.0 Å². The van der Waals surface area contributed by atoms with Crippen LogP contribution in [0.25, 0.3) is 0 Å². The zero-order valence-electron chi connectivity index (χ0n) is 8.51. The van der Waals surface area contributed by atoms with Crippen LogP contribution >= 0.6 is 68.4 Å². The molecule has 0 saturated heterocycles. The molecule has 0 N–H and O–H groups in total. The van der Waals surface area contributed by atoms with Crippen LogP contribution < -0.4 is 0 Å². The lowest BCUT2D eigenvalue weighted by Gasteiger charge is -2.11. The van der Waals surface area contributed by atoms with E-state index in [2.05, 4.69) is 19.7 Å². The summed E-state index contributed by atoms with van der Waals surface area (Å²) in [7, 11) is 0. The molecule has 1 rings (SSSR count). The summed E-state index contributed by atoms with van der Waals surface area (Å²) in [6, 6.07) is 0. The highest BCUT2D eigenvalue weighted by Gasteiger charge is 2.14. The Morgan fingerprint density at radius 3 is 1.38 bits per heavy atom. The second kappa shape index (κ2) is 6.35. The summed E-state index contributed by atoms with van der Waals surface area (Å²) in [6.45, 7) is 3.81. The summed E-state index contributed by atoms with van der Waals surface area (Å²) in [5.41, 5.74) is 3.35. The average Bonchev–Trinajstić information content (AvgIpc) is 2.28. The zero-order chi connectivity index (χ0) is 12.3. The predicted molar refractivity (Wildman–Crippen MR) is 87.7 cm³/mol. The molecule has 1 aromatic rings. The van der Waals surface area contributed by atoms with Crippen LogP contribution in [0.4, 0.5) is 0 Å². The predicted octanol–water partition coefficient (Wildman–Crippen LogP) is 5.10. The Morgan fingerprint density at radius 2 is 1.12 bits per heavy atom. The third-order valence-electron chi connectivity index (χ3n) is 2.19. The fourth-order valence-corrected chi connectivity index (χ4v) is 2.42. The minimum Gasteiger partial charge on any atom is -0.0826 e. The van der Waals surface area contributed by atoms with E-state index in [1.165, 1.54) is 0 Å². The SMILES string of the molecule is Cc1c(Cl)c(C#CI)c(C)c(Cl)c1C#CI. The van der Waals surface area contributed by atoms with Gasteiger partial charge in [0.25, 0.3) is 0 Å². The average molecular weight is 475 g/mol. The van der Waals surface area contributed by atoms with E-state index in [4.69, 9.17) is 23.2 Å². The van der Waals surface area contributed by atoms with Crippen molar-refractivity contribution in [2.45, 2.75) is 13.8 Å². The first-order chi connectivity index (χ1) is 7.54. The van der Waals surface area contributed by atoms with Crippen LogP contribution in [0, 0.1) is 33.5 Å². The molecule has 0 saturated carbocycles. The van der Waals surface area contributed by atoms with Crippen molar-refractivity contribution in [3.63, 3.8) is 0 Å². The van der Waals surface area contributed by atoms with Crippen molar-refractivity contribution in [2.24, 2.45) is 0 Å². The molecule has 0 spiro atoms. The Kier molecular flexibility index (Phi) is 5.73. The summed E-state index contributed by atoms with van der Waals surface area (Å²) in [6.07, 6.45) is 0. The molecule has 0 nitrogen and oxygen atoms in total. The van der Waals surface area contributed by atoms with Crippen LogP contribution in [0.1, 0.15) is 22.3 Å². The number of rotatable bonds is 0. The molecular formula is C12H6Cl2I2. The van der Waals surface area contributed by atoms with Crippen molar-refractivity contribution in [3.8, 4) is 19.7 Å². The first kappa shape index (κ1) is 14.4. The quantitative estimate of drug-likeness (QED) is 0.362. The van der Waals surface area contributed by atoms with E-state index in [1.807, 2.05) is 59.0 Å². The molecule has 0 atom stereocenters. The van der Waals surface area contributed by atoms with Gasteiger partial charge in [-0.15, -0.1) is 0 Å². The molecule has 1 aromatic carbocycles. The summed E-state index contributed by atoms with van der Waals surface area (Å²) in [4.78, 5) is 0. The van der Waals surface area contributed by atoms with Crippen molar-refractivity contribution in [3.05, 3.63) is 32.3 Å². The highest BCUT2D eigenvalue weighted by molar-refractivity contribution is 14.1. The molecule has 0 heterocycles. The monoisotopic (exact) mass is 474 g/mol. The topological polar surface area (TPSA) is 0 Å².